The Kier molecular flexibility index (Phi) is 7.81. The summed E-state index contributed by atoms with van der Waals surface area (Å²) in [5.41, 5.74) is -0.740. The summed E-state index contributed by atoms with van der Waals surface area (Å²) in [5, 5.41) is 0. The van der Waals surface area contributed by atoms with Crippen molar-refractivity contribution in [2.24, 2.45) is 5.92 Å². The Morgan fingerprint density at radius 2 is 1.32 bits per heavy atom. The van der Waals surface area contributed by atoms with E-state index < -0.39 is 40.8 Å². The lowest BCUT2D eigenvalue weighted by Crippen LogP contribution is -2.68. The number of barbiturate groups is 1. The third-order valence-corrected chi connectivity index (χ3v) is 6.44. The molecule has 0 unspecified atom stereocenters. The molecule has 0 aliphatic carbocycles. The molecule has 4 amide bonds. The molecule has 0 saturated carbocycles. The number of rotatable bonds is 7. The second kappa shape index (κ2) is 10.4. The monoisotopic (exact) mass is 508 g/mol. The summed E-state index contributed by atoms with van der Waals surface area (Å²) in [7, 11) is 3.00. The van der Waals surface area contributed by atoms with Crippen molar-refractivity contribution in [3.8, 4) is 11.5 Å². The van der Waals surface area contributed by atoms with E-state index in [1.807, 2.05) is 6.07 Å². The standard InChI is InChI=1S/C29H36N2O6/c1-28(2,3)30-25(33)24(26(34)31(27(30)35)29(4,5)6)20(17-21(32)18-12-10-9-11-13-18)19-14-15-22(36-7)23(16-19)37-8/h9-16,20,24H,17H2,1-8H3/t20-/m1/s1. The number of benzene rings is 2. The lowest BCUT2D eigenvalue weighted by atomic mass is 9.77. The van der Waals surface area contributed by atoms with Crippen molar-refractivity contribution in [2.75, 3.05) is 14.2 Å². The first kappa shape index (κ1) is 27.9. The van der Waals surface area contributed by atoms with Crippen LogP contribution in [-0.2, 0) is 9.59 Å². The highest BCUT2D eigenvalue weighted by Gasteiger charge is 2.55. The first-order valence-corrected chi connectivity index (χ1v) is 12.2. The van der Waals surface area contributed by atoms with E-state index in [2.05, 4.69) is 0 Å². The predicted molar refractivity (Wildman–Crippen MR) is 140 cm³/mol. The van der Waals surface area contributed by atoms with E-state index in [9.17, 15) is 19.2 Å². The molecule has 1 fully saturated rings. The van der Waals surface area contributed by atoms with E-state index in [0.717, 1.165) is 9.80 Å². The summed E-state index contributed by atoms with van der Waals surface area (Å²) in [6, 6.07) is 13.2. The van der Waals surface area contributed by atoms with Gasteiger partial charge in [0.05, 0.1) is 14.2 Å². The van der Waals surface area contributed by atoms with Crippen LogP contribution < -0.4 is 9.47 Å². The van der Waals surface area contributed by atoms with Crippen molar-refractivity contribution < 1.29 is 28.7 Å². The van der Waals surface area contributed by atoms with Crippen LogP contribution in [0.25, 0.3) is 0 Å². The maximum Gasteiger partial charge on any atom is 0.334 e. The Bertz CT molecular complexity index is 1160. The molecule has 8 nitrogen and oxygen atoms in total. The highest BCUT2D eigenvalue weighted by molar-refractivity contribution is 6.17. The molecule has 1 aliphatic heterocycles. The van der Waals surface area contributed by atoms with Crippen LogP contribution in [0.15, 0.2) is 48.5 Å². The molecule has 8 heteroatoms. The van der Waals surface area contributed by atoms with E-state index >= 15 is 0 Å². The first-order chi connectivity index (χ1) is 17.2. The van der Waals surface area contributed by atoms with E-state index in [-0.39, 0.29) is 12.2 Å². The molecule has 198 valence electrons. The minimum atomic E-state index is -1.29. The largest absolute Gasteiger partial charge is 0.493 e. The summed E-state index contributed by atoms with van der Waals surface area (Å²) >= 11 is 0. The molecule has 2 aromatic carbocycles. The Morgan fingerprint density at radius 1 is 0.811 bits per heavy atom. The molecule has 0 aromatic heterocycles. The lowest BCUT2D eigenvalue weighted by molar-refractivity contribution is -0.156. The summed E-state index contributed by atoms with van der Waals surface area (Å²) in [4.78, 5) is 57.1. The van der Waals surface area contributed by atoms with Crippen LogP contribution in [0.2, 0.25) is 0 Å². The van der Waals surface area contributed by atoms with Gasteiger partial charge in [0, 0.05) is 29.0 Å². The lowest BCUT2D eigenvalue weighted by Gasteiger charge is -2.48. The van der Waals surface area contributed by atoms with Crippen LogP contribution in [0.1, 0.15) is 69.8 Å². The minimum Gasteiger partial charge on any atom is -0.493 e. The minimum absolute atomic E-state index is 0.119. The molecule has 0 N–H and O–H groups in total. The number of carbonyl (C=O) groups excluding carboxylic acids is 4. The fraction of sp³-hybridized carbons (Fsp3) is 0.448. The third kappa shape index (κ3) is 5.53. The van der Waals surface area contributed by atoms with Gasteiger partial charge >= 0.3 is 6.03 Å². The van der Waals surface area contributed by atoms with Crippen molar-refractivity contribution in [3.63, 3.8) is 0 Å². The quantitative estimate of drug-likeness (QED) is 0.383. The zero-order valence-corrected chi connectivity index (χ0v) is 22.8. The maximum absolute atomic E-state index is 14.0. The second-order valence-corrected chi connectivity index (χ2v) is 11.2. The Hall–Kier alpha value is -3.68. The summed E-state index contributed by atoms with van der Waals surface area (Å²) in [5.74, 6) is -2.72. The second-order valence-electron chi connectivity index (χ2n) is 11.2. The van der Waals surface area contributed by atoms with Crippen molar-refractivity contribution in [1.82, 2.24) is 9.80 Å². The van der Waals surface area contributed by atoms with Gasteiger partial charge in [0.25, 0.3) is 0 Å². The van der Waals surface area contributed by atoms with Gasteiger partial charge in [0.1, 0.15) is 5.92 Å². The zero-order chi connectivity index (χ0) is 27.7. The Morgan fingerprint density at radius 3 is 1.78 bits per heavy atom. The van der Waals surface area contributed by atoms with Crippen LogP contribution in [0.5, 0.6) is 11.5 Å². The molecule has 37 heavy (non-hydrogen) atoms. The zero-order valence-electron chi connectivity index (χ0n) is 22.8. The van der Waals surface area contributed by atoms with Gasteiger partial charge in [0.15, 0.2) is 17.3 Å². The molecule has 2 aromatic rings. The number of amides is 4. The molecule has 3 rings (SSSR count). The number of nitrogens with zero attached hydrogens (tertiary/aromatic N) is 2. The van der Waals surface area contributed by atoms with Gasteiger partial charge in [-0.25, -0.2) is 4.79 Å². The Balaban J connectivity index is 2.22. The van der Waals surface area contributed by atoms with Gasteiger partial charge in [-0.15, -0.1) is 0 Å². The maximum atomic E-state index is 14.0. The van der Waals surface area contributed by atoms with Crippen LogP contribution in [0.3, 0.4) is 0 Å². The smallest absolute Gasteiger partial charge is 0.334 e. The number of hydrogen-bond acceptors (Lipinski definition) is 6. The first-order valence-electron chi connectivity index (χ1n) is 12.2. The van der Waals surface area contributed by atoms with Crippen molar-refractivity contribution >= 4 is 23.6 Å². The number of ether oxygens (including phenoxy) is 2. The third-order valence-electron chi connectivity index (χ3n) is 6.44. The highest BCUT2D eigenvalue weighted by Crippen LogP contribution is 2.41. The summed E-state index contributed by atoms with van der Waals surface area (Å²) in [6.07, 6.45) is -0.119. The van der Waals surface area contributed by atoms with E-state index in [4.69, 9.17) is 9.47 Å². The molecular formula is C29H36N2O6. The van der Waals surface area contributed by atoms with Crippen LogP contribution in [0.4, 0.5) is 4.79 Å². The van der Waals surface area contributed by atoms with E-state index in [0.29, 0.717) is 22.6 Å². The number of Topliss-reactive ketones (excluding diaryl/α,β-unsaturated/α-hetero) is 1. The van der Waals surface area contributed by atoms with Gasteiger partial charge in [-0.3, -0.25) is 24.2 Å². The van der Waals surface area contributed by atoms with Gasteiger partial charge in [-0.05, 0) is 59.2 Å². The van der Waals surface area contributed by atoms with Crippen molar-refractivity contribution in [3.05, 3.63) is 59.7 Å². The topological polar surface area (TPSA) is 93.2 Å². The van der Waals surface area contributed by atoms with Crippen LogP contribution in [-0.4, -0.2) is 58.7 Å². The molecule has 1 saturated heterocycles. The van der Waals surface area contributed by atoms with Crippen LogP contribution in [0, 0.1) is 5.92 Å². The Labute approximate surface area is 218 Å². The molecule has 0 bridgehead atoms. The van der Waals surface area contributed by atoms with Gasteiger partial charge in [-0.2, -0.15) is 0 Å². The number of imide groups is 2. The van der Waals surface area contributed by atoms with Gasteiger partial charge < -0.3 is 9.47 Å². The normalized spacial score (nSPS) is 16.2. The summed E-state index contributed by atoms with van der Waals surface area (Å²) in [6.45, 7) is 10.5. The highest BCUT2D eigenvalue weighted by atomic mass is 16.5. The van der Waals surface area contributed by atoms with E-state index in [1.54, 1.807) is 84.0 Å². The molecule has 1 heterocycles. The van der Waals surface area contributed by atoms with Crippen molar-refractivity contribution in [2.45, 2.75) is 65.0 Å². The molecular weight excluding hydrogens is 472 g/mol. The molecule has 0 radical (unpaired) electrons. The van der Waals surface area contributed by atoms with Gasteiger partial charge in [0.2, 0.25) is 11.8 Å². The number of ketones is 1. The average Bonchev–Trinajstić information content (AvgIpc) is 2.81. The molecule has 1 atom stereocenters. The SMILES string of the molecule is COc1ccc([C@@H](CC(=O)c2ccccc2)C2C(=O)N(C(C)(C)C)C(=O)N(C(C)(C)C)C2=O)cc1OC. The number of carbonyl (C=O) groups is 4. The number of methoxy groups -OCH3 is 2. The summed E-state index contributed by atoms with van der Waals surface area (Å²) < 4.78 is 10.8. The molecule has 1 aliphatic rings. The number of urea groups is 1. The fourth-order valence-electron chi connectivity index (χ4n) is 4.70. The molecule has 0 spiro atoms. The average molecular weight is 509 g/mol. The van der Waals surface area contributed by atoms with Gasteiger partial charge in [-0.1, -0.05) is 36.4 Å². The number of hydrogen-bond donors (Lipinski definition) is 0. The van der Waals surface area contributed by atoms with Crippen molar-refractivity contribution in [1.29, 1.82) is 0 Å². The fourth-order valence-corrected chi connectivity index (χ4v) is 4.70. The predicted octanol–water partition coefficient (Wildman–Crippen LogP) is 5.06. The van der Waals surface area contributed by atoms with Crippen LogP contribution >= 0.6 is 0 Å². The van der Waals surface area contributed by atoms with E-state index in [1.165, 1.54) is 14.2 Å².